The Labute approximate surface area is 488 Å². The SMILES string of the molecule is CCC(C)[C@@H]([C@@H](CC(=O)N1CCCC1[C@H](OC)C(C)C(=O)N[C@H](Cc1ccccc1)C(=O)NCCc1ccc(NC(=O)[C@@H](CCCNC(N)=O)NC(=O)[C@@H](N)C(C)C)cc1)OC)N(C)C(=O)[C@H](NC(=O)C(C(C)C(C)C)N(C)C)C(C)C. The second kappa shape index (κ2) is 34.4. The number of benzene rings is 2. The van der Waals surface area contributed by atoms with Gasteiger partial charge in [0, 0.05) is 53.0 Å². The van der Waals surface area contributed by atoms with Crippen LogP contribution in [0, 0.1) is 35.5 Å². The molecule has 460 valence electrons. The van der Waals surface area contributed by atoms with E-state index in [4.69, 9.17) is 20.9 Å². The monoisotopic (exact) mass is 1150 g/mol. The molecule has 82 heavy (non-hydrogen) atoms. The Morgan fingerprint density at radius 1 is 0.707 bits per heavy atom. The number of hydrogen-bond acceptors (Lipinski definition) is 12. The second-order valence-corrected chi connectivity index (χ2v) is 23.6. The van der Waals surface area contributed by atoms with Crippen molar-refractivity contribution in [3.8, 4) is 0 Å². The van der Waals surface area contributed by atoms with Crippen molar-refractivity contribution < 1.29 is 47.8 Å². The lowest BCUT2D eigenvalue weighted by atomic mass is 9.88. The van der Waals surface area contributed by atoms with E-state index >= 15 is 0 Å². The first kappa shape index (κ1) is 70.1. The topological polar surface area (TPSA) is 289 Å². The largest absolute Gasteiger partial charge is 0.379 e. The molecule has 0 bridgehead atoms. The summed E-state index contributed by atoms with van der Waals surface area (Å²) in [5.74, 6) is -3.40. The van der Waals surface area contributed by atoms with Gasteiger partial charge in [0.25, 0.3) is 0 Å². The summed E-state index contributed by atoms with van der Waals surface area (Å²) >= 11 is 0. The van der Waals surface area contributed by atoms with Gasteiger partial charge in [-0.3, -0.25) is 38.5 Å². The van der Waals surface area contributed by atoms with Crippen molar-refractivity contribution in [1.29, 1.82) is 0 Å². The summed E-state index contributed by atoms with van der Waals surface area (Å²) in [5, 5.41) is 17.1. The number of carbonyl (C=O) groups excluding carboxylic acids is 8. The van der Waals surface area contributed by atoms with Gasteiger partial charge < -0.3 is 62.6 Å². The minimum Gasteiger partial charge on any atom is -0.379 e. The molecule has 0 aliphatic carbocycles. The molecule has 1 fully saturated rings. The first-order chi connectivity index (χ1) is 38.7. The van der Waals surface area contributed by atoms with Crippen molar-refractivity contribution in [3.63, 3.8) is 0 Å². The zero-order valence-corrected chi connectivity index (χ0v) is 51.7. The predicted octanol–water partition coefficient (Wildman–Crippen LogP) is 4.21. The number of ether oxygens (including phenoxy) is 2. The van der Waals surface area contributed by atoms with Crippen molar-refractivity contribution in [2.75, 3.05) is 60.3 Å². The third-order valence-corrected chi connectivity index (χ3v) is 16.3. The number of methoxy groups -OCH3 is 2. The van der Waals surface area contributed by atoms with Crippen LogP contribution in [-0.2, 0) is 55.9 Å². The highest BCUT2D eigenvalue weighted by molar-refractivity contribution is 5.98. The number of nitrogens with one attached hydrogen (secondary N) is 6. The number of likely N-dealkylation sites (tertiary alicyclic amines) is 1. The summed E-state index contributed by atoms with van der Waals surface area (Å²) in [6, 6.07) is 10.8. The number of nitrogens with zero attached hydrogens (tertiary/aromatic N) is 3. The maximum Gasteiger partial charge on any atom is 0.312 e. The molecule has 12 atom stereocenters. The third-order valence-electron chi connectivity index (χ3n) is 16.3. The number of likely N-dealkylation sites (N-methyl/N-ethyl adjacent to an activating group) is 2. The molecule has 21 nitrogen and oxygen atoms in total. The molecule has 10 N–H and O–H groups in total. The first-order valence-electron chi connectivity index (χ1n) is 29.4. The van der Waals surface area contributed by atoms with Crippen molar-refractivity contribution in [2.24, 2.45) is 47.0 Å². The third kappa shape index (κ3) is 20.9. The van der Waals surface area contributed by atoms with Crippen LogP contribution in [0.2, 0.25) is 0 Å². The average Bonchev–Trinajstić information content (AvgIpc) is 4.08. The summed E-state index contributed by atoms with van der Waals surface area (Å²) in [7, 11) is 8.52. The van der Waals surface area contributed by atoms with Crippen LogP contribution in [0.15, 0.2) is 54.6 Å². The van der Waals surface area contributed by atoms with E-state index in [1.54, 1.807) is 56.9 Å². The second-order valence-electron chi connectivity index (χ2n) is 23.6. The molecule has 0 spiro atoms. The Morgan fingerprint density at radius 3 is 1.89 bits per heavy atom. The van der Waals surface area contributed by atoms with E-state index in [2.05, 4.69) is 45.7 Å². The van der Waals surface area contributed by atoms with Gasteiger partial charge in [-0.2, -0.15) is 0 Å². The molecule has 1 saturated heterocycles. The van der Waals surface area contributed by atoms with E-state index in [1.165, 1.54) is 7.11 Å². The van der Waals surface area contributed by atoms with E-state index in [9.17, 15) is 38.4 Å². The highest BCUT2D eigenvalue weighted by atomic mass is 16.5. The van der Waals surface area contributed by atoms with E-state index in [1.807, 2.05) is 96.1 Å². The van der Waals surface area contributed by atoms with Gasteiger partial charge >= 0.3 is 6.03 Å². The zero-order valence-electron chi connectivity index (χ0n) is 51.7. The Kier molecular flexibility index (Phi) is 29.5. The summed E-state index contributed by atoms with van der Waals surface area (Å²) in [4.78, 5) is 114. The van der Waals surface area contributed by atoms with Crippen LogP contribution < -0.4 is 43.4 Å². The summed E-state index contributed by atoms with van der Waals surface area (Å²) < 4.78 is 12.2. The molecule has 0 aromatic heterocycles. The van der Waals surface area contributed by atoms with Crippen molar-refractivity contribution in [1.82, 2.24) is 41.3 Å². The fraction of sp³-hybridized carbons (Fsp3) is 0.672. The van der Waals surface area contributed by atoms with Gasteiger partial charge in [-0.05, 0) is 99.0 Å². The van der Waals surface area contributed by atoms with Crippen LogP contribution in [0.5, 0.6) is 0 Å². The number of nitrogens with two attached hydrogens (primary N) is 2. The number of carbonyl (C=O) groups is 8. The molecule has 1 heterocycles. The predicted molar refractivity (Wildman–Crippen MR) is 320 cm³/mol. The lowest BCUT2D eigenvalue weighted by molar-refractivity contribution is -0.148. The molecule has 0 saturated carbocycles. The van der Waals surface area contributed by atoms with Gasteiger partial charge in [-0.25, -0.2) is 4.79 Å². The van der Waals surface area contributed by atoms with Gasteiger partial charge in [-0.1, -0.05) is 118 Å². The smallest absolute Gasteiger partial charge is 0.312 e. The maximum atomic E-state index is 14.6. The van der Waals surface area contributed by atoms with E-state index in [-0.39, 0.29) is 85.6 Å². The Balaban J connectivity index is 1.74. The maximum absolute atomic E-state index is 14.6. The van der Waals surface area contributed by atoms with E-state index < -0.39 is 84.2 Å². The Hall–Kier alpha value is -6.16. The first-order valence-corrected chi connectivity index (χ1v) is 29.4. The van der Waals surface area contributed by atoms with Crippen LogP contribution >= 0.6 is 0 Å². The summed E-state index contributed by atoms with van der Waals surface area (Å²) in [6.45, 7) is 20.3. The summed E-state index contributed by atoms with van der Waals surface area (Å²) in [6.07, 6.45) is 1.71. The number of amides is 9. The molecule has 3 rings (SSSR count). The van der Waals surface area contributed by atoms with E-state index in [0.717, 1.165) is 11.1 Å². The highest BCUT2D eigenvalue weighted by Crippen LogP contribution is 2.30. The van der Waals surface area contributed by atoms with Gasteiger partial charge in [0.2, 0.25) is 41.4 Å². The van der Waals surface area contributed by atoms with Crippen molar-refractivity contribution >= 4 is 53.1 Å². The number of primary amides is 1. The van der Waals surface area contributed by atoms with Crippen LogP contribution in [-0.4, -0.2) is 172 Å². The Bertz CT molecular complexity index is 2360. The molecule has 9 amide bonds. The van der Waals surface area contributed by atoms with Crippen molar-refractivity contribution in [2.45, 2.75) is 175 Å². The summed E-state index contributed by atoms with van der Waals surface area (Å²) in [5.41, 5.74) is 13.4. The molecule has 21 heteroatoms. The highest BCUT2D eigenvalue weighted by Gasteiger charge is 2.44. The normalized spacial score (nSPS) is 17.6. The number of rotatable bonds is 34. The molecule has 2 aromatic carbocycles. The van der Waals surface area contributed by atoms with Crippen LogP contribution in [0.4, 0.5) is 10.5 Å². The number of anilines is 1. The fourth-order valence-corrected chi connectivity index (χ4v) is 10.7. The van der Waals surface area contributed by atoms with Gasteiger partial charge in [0.15, 0.2) is 0 Å². The molecular weight excluding hydrogens is 1050 g/mol. The Morgan fingerprint density at radius 2 is 1.34 bits per heavy atom. The quantitative estimate of drug-likeness (QED) is 0.0458. The molecular formula is C61H101N11O10. The number of hydrogen-bond donors (Lipinski definition) is 8. The molecule has 0 radical (unpaired) electrons. The molecule has 1 aliphatic heterocycles. The van der Waals surface area contributed by atoms with Crippen LogP contribution in [0.3, 0.4) is 0 Å². The van der Waals surface area contributed by atoms with Gasteiger partial charge in [0.1, 0.15) is 18.1 Å². The van der Waals surface area contributed by atoms with Gasteiger partial charge in [0.05, 0.1) is 48.7 Å². The molecule has 2 aromatic rings. The molecule has 1 aliphatic rings. The standard InChI is InChI=1S/C61H101N11O10/c1-16-39(8)52(71(13)60(79)51(38(6)7)69-59(78)53(70(11)12)40(9)36(2)3)48(81-14)35-49(73)72-33-21-25-47(72)54(82-15)41(10)55(74)68-46(34-43-22-18-17-19-23-43)56(75)64-32-30-42-26-28-44(29-27-42)66-57(76)45(24-20-31-65-61(63)80)67-58(77)50(62)37(4)5/h17-19,22-23,26-29,36-41,45-48,50-54H,16,20-21,24-25,30-35,62H2,1-15H3,(H,64,75)(H,66,76)(H,67,77)(H,68,74)(H,69,78)(H3,63,65,80)/t39?,40?,41?,45-,46-,47?,48-,50+,51-,52+,53?,54-/m1/s1. The minimum atomic E-state index is -0.954. The lowest BCUT2D eigenvalue weighted by Crippen LogP contribution is -2.60. The van der Waals surface area contributed by atoms with Crippen LogP contribution in [0.25, 0.3) is 0 Å². The lowest BCUT2D eigenvalue weighted by Gasteiger charge is -2.41. The minimum absolute atomic E-state index is 0.0281. The average molecular weight is 1150 g/mol. The fourth-order valence-electron chi connectivity index (χ4n) is 10.7. The van der Waals surface area contributed by atoms with Gasteiger partial charge in [-0.15, -0.1) is 0 Å². The molecule has 5 unspecified atom stereocenters. The van der Waals surface area contributed by atoms with E-state index in [0.29, 0.717) is 44.3 Å². The van der Waals surface area contributed by atoms with Crippen molar-refractivity contribution in [3.05, 3.63) is 65.7 Å². The number of urea groups is 1. The van der Waals surface area contributed by atoms with Crippen LogP contribution in [0.1, 0.15) is 119 Å². The zero-order chi connectivity index (χ0) is 61.5.